The van der Waals surface area contributed by atoms with Crippen LogP contribution in [0, 0.1) is 6.92 Å². The largest absolute Gasteiger partial charge is 0.383 e. The van der Waals surface area contributed by atoms with Gasteiger partial charge in [-0.1, -0.05) is 68.8 Å². The summed E-state index contributed by atoms with van der Waals surface area (Å²) in [6.45, 7) is 8.61. The fourth-order valence-electron chi connectivity index (χ4n) is 2.27. The Kier molecular flexibility index (Phi) is 4.99. The Balaban J connectivity index is 2.36. The standard InChI is InChI=1S/C20H25N3/c1-14-9-11-15(12-10-14)19(22-5)23-18(21)16-7-6-8-17(13-16)20(2,3)4/h6-13H,1-5H3,(H2,21,22,23). The minimum absolute atomic E-state index is 0.0783. The topological polar surface area (TPSA) is 50.7 Å². The molecule has 0 unspecified atom stereocenters. The van der Waals surface area contributed by atoms with E-state index >= 15 is 0 Å². The molecule has 2 aromatic rings. The van der Waals surface area contributed by atoms with Gasteiger partial charge in [0.15, 0.2) is 5.84 Å². The van der Waals surface area contributed by atoms with Gasteiger partial charge in [-0.2, -0.15) is 0 Å². The number of nitrogens with zero attached hydrogens (tertiary/aromatic N) is 2. The van der Waals surface area contributed by atoms with Gasteiger partial charge >= 0.3 is 0 Å². The summed E-state index contributed by atoms with van der Waals surface area (Å²) in [6, 6.07) is 16.3. The zero-order valence-corrected chi connectivity index (χ0v) is 14.6. The highest BCUT2D eigenvalue weighted by atomic mass is 14.9. The molecule has 3 nitrogen and oxygen atoms in total. The Labute approximate surface area is 139 Å². The molecule has 120 valence electrons. The number of aliphatic imine (C=N–C) groups is 2. The Morgan fingerprint density at radius 3 is 2.17 bits per heavy atom. The van der Waals surface area contributed by atoms with Crippen LogP contribution >= 0.6 is 0 Å². The van der Waals surface area contributed by atoms with E-state index in [0.29, 0.717) is 11.7 Å². The predicted molar refractivity (Wildman–Crippen MR) is 99.5 cm³/mol. The minimum atomic E-state index is 0.0783. The summed E-state index contributed by atoms with van der Waals surface area (Å²) < 4.78 is 0. The van der Waals surface area contributed by atoms with Gasteiger partial charge in [0.2, 0.25) is 0 Å². The van der Waals surface area contributed by atoms with E-state index in [1.165, 1.54) is 11.1 Å². The van der Waals surface area contributed by atoms with E-state index in [-0.39, 0.29) is 5.41 Å². The molecule has 0 fully saturated rings. The summed E-state index contributed by atoms with van der Waals surface area (Å²) in [5, 5.41) is 0. The molecule has 0 bridgehead atoms. The lowest BCUT2D eigenvalue weighted by atomic mass is 9.86. The molecule has 3 heteroatoms. The van der Waals surface area contributed by atoms with E-state index in [9.17, 15) is 0 Å². The summed E-state index contributed by atoms with van der Waals surface area (Å²) in [5.41, 5.74) is 10.6. The number of amidine groups is 2. The minimum Gasteiger partial charge on any atom is -0.383 e. The molecule has 0 amide bonds. The average Bonchev–Trinajstić information content (AvgIpc) is 2.52. The van der Waals surface area contributed by atoms with Gasteiger partial charge in [-0.05, 0) is 24.0 Å². The average molecular weight is 307 g/mol. The van der Waals surface area contributed by atoms with E-state index in [1.807, 2.05) is 36.4 Å². The fraction of sp³-hybridized carbons (Fsp3) is 0.300. The van der Waals surface area contributed by atoms with E-state index < -0.39 is 0 Å². The Bertz CT molecular complexity index is 732. The molecule has 0 saturated carbocycles. The molecule has 0 radical (unpaired) electrons. The van der Waals surface area contributed by atoms with Crippen LogP contribution in [0.15, 0.2) is 58.5 Å². The van der Waals surface area contributed by atoms with Gasteiger partial charge in [0.05, 0.1) is 0 Å². The van der Waals surface area contributed by atoms with Crippen LogP contribution in [-0.2, 0) is 5.41 Å². The van der Waals surface area contributed by atoms with Crippen LogP contribution in [0.5, 0.6) is 0 Å². The molecular weight excluding hydrogens is 282 g/mol. The zero-order valence-electron chi connectivity index (χ0n) is 14.6. The zero-order chi connectivity index (χ0) is 17.0. The lowest BCUT2D eigenvalue weighted by Gasteiger charge is -2.19. The van der Waals surface area contributed by atoms with Crippen molar-refractivity contribution in [3.8, 4) is 0 Å². The predicted octanol–water partition coefficient (Wildman–Crippen LogP) is 4.07. The van der Waals surface area contributed by atoms with Crippen LogP contribution in [0.2, 0.25) is 0 Å². The van der Waals surface area contributed by atoms with Crippen LogP contribution in [-0.4, -0.2) is 18.7 Å². The van der Waals surface area contributed by atoms with E-state index in [2.05, 4.69) is 49.8 Å². The quantitative estimate of drug-likeness (QED) is 0.660. The third-order valence-electron chi connectivity index (χ3n) is 3.77. The molecule has 0 heterocycles. The van der Waals surface area contributed by atoms with Crippen molar-refractivity contribution in [3.63, 3.8) is 0 Å². The van der Waals surface area contributed by atoms with Crippen LogP contribution in [0.4, 0.5) is 0 Å². The van der Waals surface area contributed by atoms with E-state index in [1.54, 1.807) is 7.05 Å². The van der Waals surface area contributed by atoms with Crippen LogP contribution in [0.1, 0.15) is 43.0 Å². The van der Waals surface area contributed by atoms with Gasteiger partial charge in [0.25, 0.3) is 0 Å². The first-order chi connectivity index (χ1) is 10.8. The van der Waals surface area contributed by atoms with Gasteiger partial charge < -0.3 is 5.73 Å². The third-order valence-corrected chi connectivity index (χ3v) is 3.77. The SMILES string of the molecule is CN=C(N=C(N)c1cccc(C(C)(C)C)c1)c1ccc(C)cc1. The van der Waals surface area contributed by atoms with Gasteiger partial charge in [0.1, 0.15) is 5.84 Å². The Morgan fingerprint density at radius 2 is 1.61 bits per heavy atom. The maximum Gasteiger partial charge on any atom is 0.156 e. The first kappa shape index (κ1) is 16.9. The van der Waals surface area contributed by atoms with Gasteiger partial charge in [0, 0.05) is 18.2 Å². The van der Waals surface area contributed by atoms with Crippen LogP contribution in [0.3, 0.4) is 0 Å². The van der Waals surface area contributed by atoms with Crippen molar-refractivity contribution < 1.29 is 0 Å². The lowest BCUT2D eigenvalue weighted by molar-refractivity contribution is 0.590. The highest BCUT2D eigenvalue weighted by Crippen LogP contribution is 2.22. The second kappa shape index (κ2) is 6.78. The lowest BCUT2D eigenvalue weighted by Crippen LogP contribution is -2.18. The summed E-state index contributed by atoms with van der Waals surface area (Å²) in [5.74, 6) is 1.13. The Hall–Kier alpha value is -2.42. The molecular formula is C20H25N3. The number of hydrogen-bond acceptors (Lipinski definition) is 1. The number of nitrogens with two attached hydrogens (primary N) is 1. The number of rotatable bonds is 2. The molecule has 0 aliphatic carbocycles. The number of aryl methyl sites for hydroxylation is 1. The fourth-order valence-corrected chi connectivity index (χ4v) is 2.27. The Morgan fingerprint density at radius 1 is 0.957 bits per heavy atom. The van der Waals surface area contributed by atoms with Crippen molar-refractivity contribution in [2.75, 3.05) is 7.05 Å². The molecule has 23 heavy (non-hydrogen) atoms. The normalized spacial score (nSPS) is 13.3. The van der Waals surface area contributed by atoms with Crippen molar-refractivity contribution in [3.05, 3.63) is 70.8 Å². The summed E-state index contributed by atoms with van der Waals surface area (Å²) in [6.07, 6.45) is 0. The summed E-state index contributed by atoms with van der Waals surface area (Å²) in [7, 11) is 1.73. The molecule has 2 rings (SSSR count). The van der Waals surface area contributed by atoms with Crippen molar-refractivity contribution in [2.45, 2.75) is 33.1 Å². The molecule has 2 aromatic carbocycles. The summed E-state index contributed by atoms with van der Waals surface area (Å²) in [4.78, 5) is 8.81. The van der Waals surface area contributed by atoms with Crippen LogP contribution in [0.25, 0.3) is 0 Å². The number of benzene rings is 2. The molecule has 0 aliphatic rings. The third kappa shape index (κ3) is 4.28. The van der Waals surface area contributed by atoms with Gasteiger partial charge in [-0.15, -0.1) is 0 Å². The van der Waals surface area contributed by atoms with E-state index in [4.69, 9.17) is 5.73 Å². The summed E-state index contributed by atoms with van der Waals surface area (Å²) >= 11 is 0. The first-order valence-corrected chi connectivity index (χ1v) is 7.80. The smallest absolute Gasteiger partial charge is 0.156 e. The molecule has 0 aliphatic heterocycles. The highest BCUT2D eigenvalue weighted by molar-refractivity contribution is 6.10. The molecule has 2 N–H and O–H groups in total. The van der Waals surface area contributed by atoms with Crippen molar-refractivity contribution >= 4 is 11.7 Å². The molecule has 0 aromatic heterocycles. The second-order valence-electron chi connectivity index (χ2n) is 6.74. The maximum absolute atomic E-state index is 6.22. The monoisotopic (exact) mass is 307 g/mol. The van der Waals surface area contributed by atoms with Gasteiger partial charge in [-0.3, -0.25) is 4.99 Å². The van der Waals surface area contributed by atoms with Crippen molar-refractivity contribution in [2.24, 2.45) is 15.7 Å². The first-order valence-electron chi connectivity index (χ1n) is 7.80. The highest BCUT2D eigenvalue weighted by Gasteiger charge is 2.14. The van der Waals surface area contributed by atoms with Gasteiger partial charge in [-0.25, -0.2) is 4.99 Å². The number of hydrogen-bond donors (Lipinski definition) is 1. The van der Waals surface area contributed by atoms with Crippen molar-refractivity contribution in [1.82, 2.24) is 0 Å². The molecule has 0 spiro atoms. The second-order valence-corrected chi connectivity index (χ2v) is 6.74. The molecule has 0 atom stereocenters. The van der Waals surface area contributed by atoms with Crippen molar-refractivity contribution in [1.29, 1.82) is 0 Å². The van der Waals surface area contributed by atoms with E-state index in [0.717, 1.165) is 11.1 Å². The van der Waals surface area contributed by atoms with Crippen LogP contribution < -0.4 is 5.73 Å². The molecule has 0 saturated heterocycles. The maximum atomic E-state index is 6.22.